The van der Waals surface area contributed by atoms with E-state index >= 15 is 0 Å². The topological polar surface area (TPSA) is 81.2 Å². The number of fused-ring (bicyclic) bond motifs is 2. The van der Waals surface area contributed by atoms with Gasteiger partial charge in [0.1, 0.15) is 6.10 Å². The lowest BCUT2D eigenvalue weighted by Gasteiger charge is -2.47. The molecule has 1 aliphatic heterocycles. The van der Waals surface area contributed by atoms with Crippen molar-refractivity contribution in [2.75, 3.05) is 5.32 Å². The van der Waals surface area contributed by atoms with Crippen LogP contribution in [0.5, 0.6) is 0 Å². The summed E-state index contributed by atoms with van der Waals surface area (Å²) in [5.41, 5.74) is 1.71. The second-order valence-electron chi connectivity index (χ2n) is 11.7. The van der Waals surface area contributed by atoms with Crippen molar-refractivity contribution in [3.05, 3.63) is 84.5 Å². The molecule has 2 aromatic heterocycles. The average molecular weight is 576 g/mol. The van der Waals surface area contributed by atoms with Crippen LogP contribution in [0.25, 0.3) is 17.2 Å². The molecule has 1 saturated heterocycles. The Bertz CT molecular complexity index is 1480. The quantitative estimate of drug-likeness (QED) is 0.330. The maximum Gasteiger partial charge on any atom is 0.416 e. The summed E-state index contributed by atoms with van der Waals surface area (Å²) in [4.78, 5) is 34.5. The van der Waals surface area contributed by atoms with Crippen molar-refractivity contribution in [2.45, 2.75) is 44.9 Å². The maximum absolute atomic E-state index is 13.2. The number of halogens is 3. The van der Waals surface area contributed by atoms with Crippen molar-refractivity contribution in [1.29, 1.82) is 0 Å². The molecular weight excluding hydrogens is 543 g/mol. The molecular formula is C33H32F3N3O3. The number of aromatic nitrogens is 2. The van der Waals surface area contributed by atoms with Gasteiger partial charge in [-0.1, -0.05) is 24.3 Å². The Hall–Kier alpha value is -4.01. The lowest BCUT2D eigenvalue weighted by atomic mass is 9.56. The number of ether oxygens (including phenoxy) is 1. The van der Waals surface area contributed by atoms with Crippen LogP contribution < -0.4 is 5.32 Å². The Morgan fingerprint density at radius 3 is 2.64 bits per heavy atom. The number of benzene rings is 1. The van der Waals surface area contributed by atoms with E-state index in [2.05, 4.69) is 21.4 Å². The molecule has 6 rings (SSSR count). The molecule has 1 amide bonds. The van der Waals surface area contributed by atoms with Gasteiger partial charge in [-0.3, -0.25) is 19.6 Å². The second-order valence-corrected chi connectivity index (χ2v) is 11.7. The molecule has 42 heavy (non-hydrogen) atoms. The summed E-state index contributed by atoms with van der Waals surface area (Å²) in [7, 11) is 0. The fourth-order valence-corrected chi connectivity index (χ4v) is 7.29. The maximum atomic E-state index is 13.2. The number of pyridine rings is 2. The van der Waals surface area contributed by atoms with Crippen molar-refractivity contribution in [3.8, 4) is 11.1 Å². The first kappa shape index (κ1) is 28.1. The van der Waals surface area contributed by atoms with Crippen molar-refractivity contribution >= 4 is 23.6 Å². The minimum Gasteiger partial charge on any atom is -0.462 e. The molecule has 7 atom stereocenters. The van der Waals surface area contributed by atoms with E-state index in [0.717, 1.165) is 37.8 Å². The van der Waals surface area contributed by atoms with E-state index in [-0.39, 0.29) is 47.6 Å². The number of carbonyl (C=O) groups excluding carboxylic acids is 2. The third-order valence-electron chi connectivity index (χ3n) is 9.25. The first-order chi connectivity index (χ1) is 20.2. The molecule has 3 aromatic rings. The van der Waals surface area contributed by atoms with E-state index in [1.165, 1.54) is 6.07 Å². The van der Waals surface area contributed by atoms with Crippen molar-refractivity contribution in [2.24, 2.45) is 35.5 Å². The van der Waals surface area contributed by atoms with Crippen LogP contribution in [0.1, 0.15) is 43.9 Å². The lowest BCUT2D eigenvalue weighted by Crippen LogP contribution is -2.45. The number of rotatable bonds is 5. The molecule has 0 unspecified atom stereocenters. The smallest absolute Gasteiger partial charge is 0.416 e. The van der Waals surface area contributed by atoms with Crippen LogP contribution in [-0.2, 0) is 20.5 Å². The summed E-state index contributed by atoms with van der Waals surface area (Å²) >= 11 is 0. The van der Waals surface area contributed by atoms with Gasteiger partial charge in [-0.25, -0.2) is 0 Å². The van der Waals surface area contributed by atoms with E-state index in [4.69, 9.17) is 4.74 Å². The van der Waals surface area contributed by atoms with E-state index < -0.39 is 11.7 Å². The first-order valence-corrected chi connectivity index (χ1v) is 14.4. The number of esters is 1. The number of nitrogens with zero attached hydrogens (tertiary/aromatic N) is 2. The van der Waals surface area contributed by atoms with E-state index in [1.807, 2.05) is 19.1 Å². The van der Waals surface area contributed by atoms with Crippen LogP contribution in [0.2, 0.25) is 0 Å². The highest BCUT2D eigenvalue weighted by molar-refractivity contribution is 5.92. The van der Waals surface area contributed by atoms with Crippen LogP contribution in [0.4, 0.5) is 18.9 Å². The van der Waals surface area contributed by atoms with Crippen molar-refractivity contribution in [3.63, 3.8) is 0 Å². The molecule has 2 saturated carbocycles. The standard InChI is InChI=1S/C33H32F3N3O3/c1-19-30-28(12-10-25-9-7-22(17-38-25)20-4-2-5-24(15-20)33(34,35)36)27-11-8-21(14-23(27)16-29(30)32(41)42-19)31(40)39-26-6-3-13-37-18-26/h2-7,9-10,12-13,15,17-19,21,23,27-30H,8,11,14,16H2,1H3,(H,39,40)/b12-10+/t19-,21-,23+,27-,28-,29-,30+/m1/s1. The number of carbonyl (C=O) groups is 2. The summed E-state index contributed by atoms with van der Waals surface area (Å²) in [6, 6.07) is 12.4. The zero-order valence-corrected chi connectivity index (χ0v) is 23.1. The molecule has 3 heterocycles. The fourth-order valence-electron chi connectivity index (χ4n) is 7.29. The number of hydrogen-bond donors (Lipinski definition) is 1. The van der Waals surface area contributed by atoms with Gasteiger partial charge in [0.25, 0.3) is 0 Å². The minimum atomic E-state index is -4.41. The molecule has 0 bridgehead atoms. The van der Waals surface area contributed by atoms with Gasteiger partial charge < -0.3 is 10.1 Å². The zero-order valence-electron chi connectivity index (χ0n) is 23.1. The Balaban J connectivity index is 1.19. The van der Waals surface area contributed by atoms with E-state index in [1.54, 1.807) is 42.9 Å². The minimum absolute atomic E-state index is 0.0110. The molecule has 6 nitrogen and oxygen atoms in total. The number of alkyl halides is 3. The van der Waals surface area contributed by atoms with Gasteiger partial charge in [-0.05, 0) is 92.3 Å². The number of amides is 1. The van der Waals surface area contributed by atoms with Crippen LogP contribution in [0.15, 0.2) is 73.2 Å². The molecule has 1 N–H and O–H groups in total. The van der Waals surface area contributed by atoms with Crippen LogP contribution in [0.3, 0.4) is 0 Å². The predicted molar refractivity (Wildman–Crippen MR) is 152 cm³/mol. The van der Waals surface area contributed by atoms with Gasteiger partial charge in [0.2, 0.25) is 5.91 Å². The average Bonchev–Trinajstić information content (AvgIpc) is 3.27. The molecule has 3 aliphatic rings. The van der Waals surface area contributed by atoms with Crippen LogP contribution in [0, 0.1) is 35.5 Å². The summed E-state index contributed by atoms with van der Waals surface area (Å²) in [5, 5.41) is 2.98. The third-order valence-corrected chi connectivity index (χ3v) is 9.25. The van der Waals surface area contributed by atoms with E-state index in [9.17, 15) is 22.8 Å². The van der Waals surface area contributed by atoms with Gasteiger partial charge >= 0.3 is 12.1 Å². The number of nitrogens with one attached hydrogen (secondary N) is 1. The lowest BCUT2D eigenvalue weighted by molar-refractivity contribution is -0.144. The molecule has 218 valence electrons. The Kier molecular flexibility index (Phi) is 7.60. The number of cyclic esters (lactones) is 1. The molecule has 3 fully saturated rings. The second kappa shape index (κ2) is 11.3. The number of allylic oxidation sites excluding steroid dienone is 1. The largest absolute Gasteiger partial charge is 0.462 e. The van der Waals surface area contributed by atoms with Crippen molar-refractivity contribution < 1.29 is 27.5 Å². The van der Waals surface area contributed by atoms with Crippen molar-refractivity contribution in [1.82, 2.24) is 9.97 Å². The summed E-state index contributed by atoms with van der Waals surface area (Å²) in [6.07, 6.45) is 7.43. The van der Waals surface area contributed by atoms with Gasteiger partial charge in [0.15, 0.2) is 0 Å². The molecule has 1 aromatic carbocycles. The Morgan fingerprint density at radius 2 is 1.90 bits per heavy atom. The Labute approximate surface area is 242 Å². The van der Waals surface area contributed by atoms with Gasteiger partial charge in [0.05, 0.1) is 29.1 Å². The summed E-state index contributed by atoms with van der Waals surface area (Å²) in [6.45, 7) is 1.96. The van der Waals surface area contributed by atoms with E-state index in [0.29, 0.717) is 28.4 Å². The van der Waals surface area contributed by atoms with Gasteiger partial charge in [0, 0.05) is 29.8 Å². The van der Waals surface area contributed by atoms with Crippen LogP contribution >= 0.6 is 0 Å². The normalized spacial score (nSPS) is 29.0. The van der Waals surface area contributed by atoms with Gasteiger partial charge in [-0.15, -0.1) is 0 Å². The monoisotopic (exact) mass is 575 g/mol. The van der Waals surface area contributed by atoms with Gasteiger partial charge in [-0.2, -0.15) is 13.2 Å². The predicted octanol–water partition coefficient (Wildman–Crippen LogP) is 7.04. The highest BCUT2D eigenvalue weighted by Gasteiger charge is 2.54. The molecule has 2 aliphatic carbocycles. The highest BCUT2D eigenvalue weighted by atomic mass is 19.4. The fraction of sp³-hybridized carbons (Fsp3) is 0.394. The van der Waals surface area contributed by atoms with Crippen LogP contribution in [-0.4, -0.2) is 27.9 Å². The summed E-state index contributed by atoms with van der Waals surface area (Å²) < 4.78 is 45.2. The third kappa shape index (κ3) is 5.69. The number of hydrogen-bond acceptors (Lipinski definition) is 5. The zero-order chi connectivity index (χ0) is 29.4. The molecule has 9 heteroatoms. The number of anilines is 1. The highest BCUT2D eigenvalue weighted by Crippen LogP contribution is 2.54. The molecule has 0 spiro atoms. The summed E-state index contributed by atoms with van der Waals surface area (Å²) in [5.74, 6) is 0.167. The SMILES string of the molecule is C[C@H]1OC(=O)[C@@H]2C[C@@H]3C[C@H](C(=O)Nc4cccnc4)CC[C@H]3[C@@H](/C=C/c3ccc(-c4cccc(C(F)(F)F)c4)cn3)[C@H]12. The Morgan fingerprint density at radius 1 is 1.05 bits per heavy atom. The molecule has 0 radical (unpaired) electrons. The first-order valence-electron chi connectivity index (χ1n) is 14.4.